The van der Waals surface area contributed by atoms with Gasteiger partial charge in [-0.15, -0.1) is 0 Å². The molecule has 2 aliphatic heterocycles. The number of ether oxygens (including phenoxy) is 2. The normalized spacial score (nSPS) is 21.5. The number of amides is 2. The molecular formula is C17H23N3O4. The van der Waals surface area contributed by atoms with Crippen molar-refractivity contribution in [1.82, 2.24) is 15.1 Å². The number of hydrogen-bond donors (Lipinski definition) is 1. The molecule has 1 aromatic rings. The van der Waals surface area contributed by atoms with Crippen molar-refractivity contribution in [2.24, 2.45) is 0 Å². The standard InChI is InChI=1S/C17H23N3O4/c1-23-14-4-2-13(3-5-14)16(21)19-7-9-20(10-8-19)17(22)15-12-24-11-6-18-15/h2-5,15,18H,6-12H2,1H3. The minimum absolute atomic E-state index is 0.0103. The Morgan fingerprint density at radius 3 is 2.38 bits per heavy atom. The molecule has 2 fully saturated rings. The van der Waals surface area contributed by atoms with E-state index in [0.29, 0.717) is 51.5 Å². The van der Waals surface area contributed by atoms with Gasteiger partial charge in [-0.25, -0.2) is 0 Å². The molecule has 3 rings (SSSR count). The maximum Gasteiger partial charge on any atom is 0.253 e. The smallest absolute Gasteiger partial charge is 0.253 e. The van der Waals surface area contributed by atoms with E-state index in [1.807, 2.05) is 4.90 Å². The Balaban J connectivity index is 1.54. The first-order valence-corrected chi connectivity index (χ1v) is 8.22. The molecule has 2 saturated heterocycles. The van der Waals surface area contributed by atoms with Gasteiger partial charge in [0.05, 0.1) is 20.3 Å². The van der Waals surface area contributed by atoms with Crippen LogP contribution in [-0.2, 0) is 9.53 Å². The summed E-state index contributed by atoms with van der Waals surface area (Å²) in [5.41, 5.74) is 0.637. The van der Waals surface area contributed by atoms with Crippen LogP contribution < -0.4 is 10.1 Å². The quantitative estimate of drug-likeness (QED) is 0.841. The third-order valence-corrected chi connectivity index (χ3v) is 4.44. The Hall–Kier alpha value is -2.12. The maximum atomic E-state index is 12.5. The van der Waals surface area contributed by atoms with Crippen molar-refractivity contribution in [3.05, 3.63) is 29.8 Å². The van der Waals surface area contributed by atoms with Crippen LogP contribution in [0, 0.1) is 0 Å². The van der Waals surface area contributed by atoms with Crippen molar-refractivity contribution in [2.75, 3.05) is 53.0 Å². The van der Waals surface area contributed by atoms with Gasteiger partial charge in [0, 0.05) is 38.3 Å². The van der Waals surface area contributed by atoms with Crippen molar-refractivity contribution >= 4 is 11.8 Å². The Labute approximate surface area is 141 Å². The van der Waals surface area contributed by atoms with Crippen molar-refractivity contribution in [3.63, 3.8) is 0 Å². The number of benzene rings is 1. The van der Waals surface area contributed by atoms with E-state index in [1.54, 1.807) is 36.3 Å². The van der Waals surface area contributed by atoms with Crippen LogP contribution in [0.1, 0.15) is 10.4 Å². The highest BCUT2D eigenvalue weighted by Gasteiger charge is 2.30. The van der Waals surface area contributed by atoms with Crippen LogP contribution >= 0.6 is 0 Å². The third kappa shape index (κ3) is 3.68. The first kappa shape index (κ1) is 16.7. The zero-order valence-electron chi connectivity index (χ0n) is 13.9. The van der Waals surface area contributed by atoms with Crippen LogP contribution in [0.2, 0.25) is 0 Å². The monoisotopic (exact) mass is 333 g/mol. The van der Waals surface area contributed by atoms with Gasteiger partial charge in [-0.3, -0.25) is 9.59 Å². The molecule has 7 heteroatoms. The van der Waals surface area contributed by atoms with Crippen LogP contribution in [0.25, 0.3) is 0 Å². The van der Waals surface area contributed by atoms with Gasteiger partial charge in [-0.05, 0) is 24.3 Å². The minimum Gasteiger partial charge on any atom is -0.497 e. The average molecular weight is 333 g/mol. The molecule has 24 heavy (non-hydrogen) atoms. The molecule has 7 nitrogen and oxygen atoms in total. The lowest BCUT2D eigenvalue weighted by molar-refractivity contribution is -0.137. The second-order valence-corrected chi connectivity index (χ2v) is 5.93. The second-order valence-electron chi connectivity index (χ2n) is 5.93. The van der Waals surface area contributed by atoms with Crippen LogP contribution in [0.15, 0.2) is 24.3 Å². The summed E-state index contributed by atoms with van der Waals surface area (Å²) >= 11 is 0. The third-order valence-electron chi connectivity index (χ3n) is 4.44. The van der Waals surface area contributed by atoms with Gasteiger partial charge >= 0.3 is 0 Å². The number of morpholine rings is 1. The molecule has 0 aliphatic carbocycles. The zero-order chi connectivity index (χ0) is 16.9. The van der Waals surface area contributed by atoms with Crippen molar-refractivity contribution < 1.29 is 19.1 Å². The van der Waals surface area contributed by atoms with Crippen molar-refractivity contribution in [3.8, 4) is 5.75 Å². The maximum absolute atomic E-state index is 12.5. The van der Waals surface area contributed by atoms with E-state index in [1.165, 1.54) is 0 Å². The van der Waals surface area contributed by atoms with Crippen molar-refractivity contribution in [1.29, 1.82) is 0 Å². The van der Waals surface area contributed by atoms with Gasteiger partial charge < -0.3 is 24.6 Å². The van der Waals surface area contributed by atoms with Crippen molar-refractivity contribution in [2.45, 2.75) is 6.04 Å². The van der Waals surface area contributed by atoms with E-state index in [0.717, 1.165) is 5.75 Å². The summed E-state index contributed by atoms with van der Waals surface area (Å²) in [6.45, 7) is 3.97. The molecule has 1 aromatic carbocycles. The molecule has 130 valence electrons. The zero-order valence-corrected chi connectivity index (χ0v) is 13.9. The predicted octanol–water partition coefficient (Wildman–Crippen LogP) is -0.0320. The SMILES string of the molecule is COc1ccc(C(=O)N2CCN(C(=O)C3COCCN3)CC2)cc1. The van der Waals surface area contributed by atoms with Crippen LogP contribution in [0.5, 0.6) is 5.75 Å². The van der Waals surface area contributed by atoms with Crippen LogP contribution in [0.4, 0.5) is 0 Å². The van der Waals surface area contributed by atoms with Gasteiger partial charge in [-0.1, -0.05) is 0 Å². The fourth-order valence-corrected chi connectivity index (χ4v) is 2.99. The molecule has 0 spiro atoms. The van der Waals surface area contributed by atoms with E-state index >= 15 is 0 Å². The summed E-state index contributed by atoms with van der Waals surface area (Å²) in [5.74, 6) is 0.777. The van der Waals surface area contributed by atoms with Gasteiger partial charge in [0.15, 0.2) is 0 Å². The molecular weight excluding hydrogens is 310 g/mol. The highest BCUT2D eigenvalue weighted by atomic mass is 16.5. The van der Waals surface area contributed by atoms with E-state index < -0.39 is 0 Å². The number of hydrogen-bond acceptors (Lipinski definition) is 5. The number of rotatable bonds is 3. The van der Waals surface area contributed by atoms with Gasteiger partial charge in [0.25, 0.3) is 5.91 Å². The van der Waals surface area contributed by atoms with E-state index in [2.05, 4.69) is 5.32 Å². The predicted molar refractivity (Wildman–Crippen MR) is 88.1 cm³/mol. The van der Waals surface area contributed by atoms with E-state index in [-0.39, 0.29) is 17.9 Å². The summed E-state index contributed by atoms with van der Waals surface area (Å²) in [7, 11) is 1.60. The number of nitrogens with zero attached hydrogens (tertiary/aromatic N) is 2. The van der Waals surface area contributed by atoms with Gasteiger partial charge in [-0.2, -0.15) is 0 Å². The Morgan fingerprint density at radius 1 is 1.12 bits per heavy atom. The number of methoxy groups -OCH3 is 1. The van der Waals surface area contributed by atoms with E-state index in [9.17, 15) is 9.59 Å². The number of carbonyl (C=O) groups is 2. The second kappa shape index (κ2) is 7.63. The van der Waals surface area contributed by atoms with E-state index in [4.69, 9.17) is 9.47 Å². The molecule has 1 unspecified atom stereocenters. The fraction of sp³-hybridized carbons (Fsp3) is 0.529. The summed E-state index contributed by atoms with van der Waals surface area (Å²) in [6, 6.07) is 6.83. The average Bonchev–Trinajstić information content (AvgIpc) is 2.68. The molecule has 2 aliphatic rings. The minimum atomic E-state index is -0.261. The largest absolute Gasteiger partial charge is 0.497 e. The summed E-state index contributed by atoms with van der Waals surface area (Å²) < 4.78 is 10.5. The fourth-order valence-electron chi connectivity index (χ4n) is 2.99. The number of nitrogens with one attached hydrogen (secondary N) is 1. The molecule has 0 bridgehead atoms. The first-order chi connectivity index (χ1) is 11.7. The van der Waals surface area contributed by atoms with Gasteiger partial charge in [0.2, 0.25) is 5.91 Å². The highest BCUT2D eigenvalue weighted by Crippen LogP contribution is 2.14. The molecule has 0 saturated carbocycles. The lowest BCUT2D eigenvalue weighted by Gasteiger charge is -2.37. The molecule has 1 N–H and O–H groups in total. The Kier molecular flexibility index (Phi) is 5.32. The molecule has 2 amide bonds. The summed E-state index contributed by atoms with van der Waals surface area (Å²) in [5, 5.41) is 3.18. The Bertz CT molecular complexity index is 576. The molecule has 0 aromatic heterocycles. The first-order valence-electron chi connectivity index (χ1n) is 8.22. The summed E-state index contributed by atoms with van der Waals surface area (Å²) in [6.07, 6.45) is 0. The van der Waals surface area contributed by atoms with Crippen LogP contribution in [0.3, 0.4) is 0 Å². The topological polar surface area (TPSA) is 71.1 Å². The summed E-state index contributed by atoms with van der Waals surface area (Å²) in [4.78, 5) is 28.6. The van der Waals surface area contributed by atoms with Crippen LogP contribution in [-0.4, -0.2) is 80.7 Å². The highest BCUT2D eigenvalue weighted by molar-refractivity contribution is 5.94. The van der Waals surface area contributed by atoms with Gasteiger partial charge in [0.1, 0.15) is 11.8 Å². The molecule has 2 heterocycles. The number of piperazine rings is 1. The molecule has 0 radical (unpaired) electrons. The number of carbonyl (C=O) groups excluding carboxylic acids is 2. The Morgan fingerprint density at radius 2 is 1.79 bits per heavy atom. The lowest BCUT2D eigenvalue weighted by Crippen LogP contribution is -2.57. The lowest BCUT2D eigenvalue weighted by atomic mass is 10.1. The molecule has 1 atom stereocenters.